The molecule has 1 aromatic heterocycles. The molecular formula is C24H34N6O. The van der Waals surface area contributed by atoms with E-state index in [-0.39, 0.29) is 18.4 Å². The molecule has 0 spiro atoms. The van der Waals surface area contributed by atoms with Crippen LogP contribution >= 0.6 is 0 Å². The summed E-state index contributed by atoms with van der Waals surface area (Å²) >= 11 is 0. The molecule has 0 atom stereocenters. The minimum atomic E-state index is -0.0375. The summed E-state index contributed by atoms with van der Waals surface area (Å²) in [4.78, 5) is 14.6. The number of rotatable bonds is 11. The minimum Gasteiger partial charge on any atom is -0.375 e. The van der Waals surface area contributed by atoms with E-state index in [1.54, 1.807) is 18.3 Å². The van der Waals surface area contributed by atoms with Crippen LogP contribution in [-0.4, -0.2) is 53.7 Å². The second-order valence-electron chi connectivity index (χ2n) is 7.88. The van der Waals surface area contributed by atoms with Crippen molar-refractivity contribution < 1.29 is 4.79 Å². The smallest absolute Gasteiger partial charge is 0.239 e. The van der Waals surface area contributed by atoms with Crippen molar-refractivity contribution in [2.24, 2.45) is 0 Å². The van der Waals surface area contributed by atoms with Crippen molar-refractivity contribution in [3.8, 4) is 12.3 Å². The lowest BCUT2D eigenvalue weighted by Crippen LogP contribution is -2.36. The number of hydrogen-bond donors (Lipinski definition) is 3. The van der Waals surface area contributed by atoms with Crippen LogP contribution in [0.2, 0.25) is 0 Å². The number of amides is 1. The molecule has 1 saturated heterocycles. The average molecular weight is 423 g/mol. The molecule has 2 rings (SSSR count). The largest absolute Gasteiger partial charge is 0.375 e. The van der Waals surface area contributed by atoms with Gasteiger partial charge in [0.15, 0.2) is 5.82 Å². The summed E-state index contributed by atoms with van der Waals surface area (Å²) in [5.74, 6) is 3.38. The second kappa shape index (κ2) is 12.6. The zero-order valence-electron chi connectivity index (χ0n) is 18.9. The number of carbonyl (C=O) groups excluding carboxylic acids is 1. The molecule has 0 saturated carbocycles. The Hall–Kier alpha value is -3.11. The van der Waals surface area contributed by atoms with Crippen LogP contribution in [0, 0.1) is 12.3 Å². The van der Waals surface area contributed by atoms with Crippen LogP contribution in [-0.2, 0) is 4.79 Å². The molecule has 3 N–H and O–H groups in total. The van der Waals surface area contributed by atoms with Gasteiger partial charge >= 0.3 is 0 Å². The number of carbonyl (C=O) groups is 1. The predicted octanol–water partition coefficient (Wildman–Crippen LogP) is 3.29. The Kier molecular flexibility index (Phi) is 9.79. The quantitative estimate of drug-likeness (QED) is 0.375. The third-order valence-electron chi connectivity index (χ3n) is 5.01. The standard InChI is InChI=1S/C24H34N6O/c1-6-10-20(7-2)15-19(5)28-24-23(18(3)4)21(16-27-29-24)26-17-22(31)25-11-14-30-12-8-9-13-30/h2,6,10,15-16,18H,1,8-9,11-14,17H2,3-5H3,(H,25,31)(H2,26,28,29)/b19-15+,20-10-. The topological polar surface area (TPSA) is 82.2 Å². The molecule has 0 radical (unpaired) electrons. The molecule has 0 bridgehead atoms. The maximum atomic E-state index is 12.3. The zero-order valence-corrected chi connectivity index (χ0v) is 18.9. The van der Waals surface area contributed by atoms with Gasteiger partial charge < -0.3 is 20.9 Å². The maximum Gasteiger partial charge on any atom is 0.239 e. The first kappa shape index (κ1) is 24.2. The third-order valence-corrected chi connectivity index (χ3v) is 5.01. The van der Waals surface area contributed by atoms with Gasteiger partial charge in [0, 0.05) is 29.9 Å². The number of terminal acetylenes is 1. The van der Waals surface area contributed by atoms with Crippen LogP contribution in [0.3, 0.4) is 0 Å². The van der Waals surface area contributed by atoms with E-state index < -0.39 is 0 Å². The summed E-state index contributed by atoms with van der Waals surface area (Å²) in [6, 6.07) is 0. The van der Waals surface area contributed by atoms with E-state index in [2.05, 4.69) is 57.4 Å². The first-order valence-corrected chi connectivity index (χ1v) is 10.8. The summed E-state index contributed by atoms with van der Waals surface area (Å²) in [5.41, 5.74) is 3.29. The van der Waals surface area contributed by atoms with Crippen molar-refractivity contribution in [2.45, 2.75) is 39.5 Å². The number of hydrogen-bond acceptors (Lipinski definition) is 6. The Balaban J connectivity index is 2.01. The summed E-state index contributed by atoms with van der Waals surface area (Å²) in [6.45, 7) is 13.7. The molecule has 1 amide bonds. The van der Waals surface area contributed by atoms with E-state index in [1.165, 1.54) is 12.8 Å². The Morgan fingerprint density at radius 1 is 1.39 bits per heavy atom. The lowest BCUT2D eigenvalue weighted by Gasteiger charge is -2.19. The Morgan fingerprint density at radius 2 is 2.13 bits per heavy atom. The van der Waals surface area contributed by atoms with Crippen molar-refractivity contribution in [3.63, 3.8) is 0 Å². The number of nitrogens with zero attached hydrogens (tertiary/aromatic N) is 3. The Labute approximate surface area is 186 Å². The highest BCUT2D eigenvalue weighted by Crippen LogP contribution is 2.30. The van der Waals surface area contributed by atoms with Gasteiger partial charge in [-0.05, 0) is 50.9 Å². The molecule has 31 heavy (non-hydrogen) atoms. The molecule has 1 aliphatic rings. The predicted molar refractivity (Wildman–Crippen MR) is 128 cm³/mol. The molecule has 166 valence electrons. The van der Waals surface area contributed by atoms with Gasteiger partial charge in [0.05, 0.1) is 18.4 Å². The fraction of sp³-hybridized carbons (Fsp3) is 0.458. The SMILES string of the molecule is C#CC(=C/C=C)/C=C(\C)Nc1nncc(NCC(=O)NCCN2CCCC2)c1C(C)C. The molecule has 7 heteroatoms. The molecule has 1 aromatic rings. The summed E-state index contributed by atoms with van der Waals surface area (Å²) < 4.78 is 0. The average Bonchev–Trinajstić information content (AvgIpc) is 3.25. The lowest BCUT2D eigenvalue weighted by atomic mass is 10.0. The highest BCUT2D eigenvalue weighted by atomic mass is 16.1. The Morgan fingerprint density at radius 3 is 2.77 bits per heavy atom. The van der Waals surface area contributed by atoms with Crippen LogP contribution in [0.15, 0.2) is 42.3 Å². The Bertz CT molecular complexity index is 859. The summed E-state index contributed by atoms with van der Waals surface area (Å²) in [5, 5.41) is 17.8. The van der Waals surface area contributed by atoms with Crippen molar-refractivity contribution in [1.29, 1.82) is 0 Å². The van der Waals surface area contributed by atoms with E-state index in [1.807, 2.05) is 13.0 Å². The van der Waals surface area contributed by atoms with E-state index in [0.717, 1.165) is 36.6 Å². The highest BCUT2D eigenvalue weighted by Gasteiger charge is 2.16. The first-order valence-electron chi connectivity index (χ1n) is 10.8. The van der Waals surface area contributed by atoms with Gasteiger partial charge in [-0.2, -0.15) is 5.10 Å². The van der Waals surface area contributed by atoms with E-state index in [0.29, 0.717) is 17.9 Å². The molecular weight excluding hydrogens is 388 g/mol. The van der Waals surface area contributed by atoms with E-state index in [4.69, 9.17) is 6.42 Å². The van der Waals surface area contributed by atoms with Crippen molar-refractivity contribution in [1.82, 2.24) is 20.4 Å². The van der Waals surface area contributed by atoms with Crippen LogP contribution in [0.5, 0.6) is 0 Å². The first-order chi connectivity index (χ1) is 14.9. The summed E-state index contributed by atoms with van der Waals surface area (Å²) in [7, 11) is 0. The number of allylic oxidation sites excluding steroid dienone is 5. The molecule has 1 fully saturated rings. The van der Waals surface area contributed by atoms with Crippen molar-refractivity contribution >= 4 is 17.4 Å². The van der Waals surface area contributed by atoms with Gasteiger partial charge in [-0.1, -0.05) is 32.4 Å². The fourth-order valence-corrected chi connectivity index (χ4v) is 3.53. The maximum absolute atomic E-state index is 12.3. The van der Waals surface area contributed by atoms with Gasteiger partial charge in [0.2, 0.25) is 5.91 Å². The number of nitrogens with one attached hydrogen (secondary N) is 3. The van der Waals surface area contributed by atoms with E-state index >= 15 is 0 Å². The second-order valence-corrected chi connectivity index (χ2v) is 7.88. The zero-order chi connectivity index (χ0) is 22.6. The van der Waals surface area contributed by atoms with Gasteiger partial charge in [-0.3, -0.25) is 4.79 Å². The molecule has 0 aromatic carbocycles. The molecule has 7 nitrogen and oxygen atoms in total. The van der Waals surface area contributed by atoms with Crippen LogP contribution in [0.1, 0.15) is 45.1 Å². The van der Waals surface area contributed by atoms with Gasteiger partial charge in [-0.15, -0.1) is 11.5 Å². The minimum absolute atomic E-state index is 0.0375. The number of likely N-dealkylation sites (tertiary alicyclic amines) is 1. The highest BCUT2D eigenvalue weighted by molar-refractivity contribution is 5.81. The third kappa shape index (κ3) is 7.91. The molecule has 0 unspecified atom stereocenters. The number of anilines is 2. The molecule has 1 aliphatic heterocycles. The molecule has 2 heterocycles. The monoisotopic (exact) mass is 422 g/mol. The number of aromatic nitrogens is 2. The normalized spacial score (nSPS) is 14.9. The van der Waals surface area contributed by atoms with Gasteiger partial charge in [0.1, 0.15) is 0 Å². The van der Waals surface area contributed by atoms with Gasteiger partial charge in [0.25, 0.3) is 0 Å². The van der Waals surface area contributed by atoms with Gasteiger partial charge in [-0.25, -0.2) is 0 Å². The van der Waals surface area contributed by atoms with Crippen LogP contribution in [0.4, 0.5) is 11.5 Å². The van der Waals surface area contributed by atoms with Crippen LogP contribution in [0.25, 0.3) is 0 Å². The fourth-order valence-electron chi connectivity index (χ4n) is 3.53. The molecule has 0 aliphatic carbocycles. The van der Waals surface area contributed by atoms with Crippen molar-refractivity contribution in [3.05, 3.63) is 47.8 Å². The van der Waals surface area contributed by atoms with E-state index in [9.17, 15) is 4.79 Å². The lowest BCUT2D eigenvalue weighted by molar-refractivity contribution is -0.119. The van der Waals surface area contributed by atoms with Crippen molar-refractivity contribution in [2.75, 3.05) is 43.4 Å². The van der Waals surface area contributed by atoms with Crippen LogP contribution < -0.4 is 16.0 Å². The summed E-state index contributed by atoms with van der Waals surface area (Å²) in [6.07, 6.45) is 14.9.